The van der Waals surface area contributed by atoms with Gasteiger partial charge >= 0.3 is 5.97 Å². The summed E-state index contributed by atoms with van der Waals surface area (Å²) < 4.78 is 44.3. The second-order valence-electron chi connectivity index (χ2n) is 8.21. The molecule has 1 saturated heterocycles. The van der Waals surface area contributed by atoms with E-state index >= 15 is 4.39 Å². The Labute approximate surface area is 188 Å². The van der Waals surface area contributed by atoms with E-state index in [1.165, 1.54) is 6.07 Å². The minimum Gasteiger partial charge on any atom is -0.477 e. The lowest BCUT2D eigenvalue weighted by Gasteiger charge is -2.21. The van der Waals surface area contributed by atoms with Gasteiger partial charge in [0.25, 0.3) is 0 Å². The van der Waals surface area contributed by atoms with E-state index in [1.54, 1.807) is 0 Å². The molecule has 174 valence electrons. The zero-order valence-electron chi connectivity index (χ0n) is 18.1. The monoisotopic (exact) mass is 459 g/mol. The van der Waals surface area contributed by atoms with Crippen LogP contribution < -0.4 is 15.6 Å². The van der Waals surface area contributed by atoms with E-state index in [4.69, 9.17) is 0 Å². The summed E-state index contributed by atoms with van der Waals surface area (Å²) >= 11 is 0. The average Bonchev–Trinajstić information content (AvgIpc) is 3.23. The van der Waals surface area contributed by atoms with Crippen molar-refractivity contribution in [2.45, 2.75) is 19.8 Å². The molecule has 0 radical (unpaired) electrons. The Morgan fingerprint density at radius 2 is 1.91 bits per heavy atom. The van der Waals surface area contributed by atoms with Crippen molar-refractivity contribution in [3.63, 3.8) is 0 Å². The molecule has 1 aromatic heterocycles. The smallest absolute Gasteiger partial charge is 0.341 e. The number of anilines is 1. The number of carbonyl (C=O) groups is 1. The first-order valence-corrected chi connectivity index (χ1v) is 10.8. The van der Waals surface area contributed by atoms with E-state index in [2.05, 4.69) is 5.32 Å². The number of fused-ring (bicyclic) bond motifs is 1. The normalized spacial score (nSPS) is 16.0. The Bertz CT molecular complexity index is 1280. The van der Waals surface area contributed by atoms with Crippen LogP contribution in [0.15, 0.2) is 41.3 Å². The summed E-state index contributed by atoms with van der Waals surface area (Å²) in [5.74, 6) is -3.53. The summed E-state index contributed by atoms with van der Waals surface area (Å²) in [6, 6.07) is 5.29. The van der Waals surface area contributed by atoms with Gasteiger partial charge in [0.1, 0.15) is 23.0 Å². The lowest BCUT2D eigenvalue weighted by molar-refractivity contribution is 0.0695. The number of halogens is 3. The van der Waals surface area contributed by atoms with Crippen LogP contribution in [0.5, 0.6) is 0 Å². The summed E-state index contributed by atoms with van der Waals surface area (Å²) in [5, 5.41) is 12.5. The van der Waals surface area contributed by atoms with Crippen LogP contribution in [-0.2, 0) is 0 Å². The Kier molecular flexibility index (Phi) is 6.42. The van der Waals surface area contributed by atoms with E-state index in [0.29, 0.717) is 25.1 Å². The summed E-state index contributed by atoms with van der Waals surface area (Å²) in [6.07, 6.45) is 2.83. The van der Waals surface area contributed by atoms with Gasteiger partial charge in [0, 0.05) is 30.7 Å². The zero-order valence-corrected chi connectivity index (χ0v) is 18.1. The van der Waals surface area contributed by atoms with Crippen molar-refractivity contribution in [3.05, 3.63) is 69.8 Å². The topological polar surface area (TPSA) is 74.6 Å². The molecule has 3 aromatic rings. The highest BCUT2D eigenvalue weighted by Gasteiger charge is 2.26. The van der Waals surface area contributed by atoms with E-state index in [-0.39, 0.29) is 22.3 Å². The molecule has 0 amide bonds. The Hall–Kier alpha value is -3.33. The molecule has 33 heavy (non-hydrogen) atoms. The maximum atomic E-state index is 15.1. The van der Waals surface area contributed by atoms with Crippen LogP contribution in [0.1, 0.15) is 30.1 Å². The van der Waals surface area contributed by atoms with Crippen molar-refractivity contribution in [2.75, 3.05) is 31.1 Å². The van der Waals surface area contributed by atoms with Gasteiger partial charge in [-0.3, -0.25) is 4.79 Å². The lowest BCUT2D eigenvalue weighted by atomic mass is 10.1. The number of nitrogens with one attached hydrogen (secondary N) is 1. The molecule has 0 saturated carbocycles. The van der Waals surface area contributed by atoms with Crippen molar-refractivity contribution >= 4 is 22.6 Å². The Balaban J connectivity index is 1.84. The summed E-state index contributed by atoms with van der Waals surface area (Å²) in [5.41, 5.74) is -1.25. The molecule has 0 spiro atoms. The van der Waals surface area contributed by atoms with Crippen LogP contribution in [0, 0.1) is 23.4 Å². The van der Waals surface area contributed by atoms with Crippen molar-refractivity contribution in [3.8, 4) is 5.69 Å². The third kappa shape index (κ3) is 4.45. The Morgan fingerprint density at radius 1 is 1.15 bits per heavy atom. The lowest BCUT2D eigenvalue weighted by Crippen LogP contribution is -2.24. The second kappa shape index (κ2) is 9.27. The summed E-state index contributed by atoms with van der Waals surface area (Å²) in [4.78, 5) is 26.2. The number of benzene rings is 2. The van der Waals surface area contributed by atoms with Crippen LogP contribution in [0.2, 0.25) is 0 Å². The predicted octanol–water partition coefficient (Wildman–Crippen LogP) is 3.93. The maximum Gasteiger partial charge on any atom is 0.341 e. The highest BCUT2D eigenvalue weighted by molar-refractivity contribution is 5.94. The first kappa shape index (κ1) is 22.8. The number of hydrogen-bond acceptors (Lipinski definition) is 4. The molecular formula is C24H24F3N3O3. The third-order valence-electron chi connectivity index (χ3n) is 6.08. The third-order valence-corrected chi connectivity index (χ3v) is 6.08. The molecule has 2 N–H and O–H groups in total. The number of hydrogen-bond donors (Lipinski definition) is 2. The van der Waals surface area contributed by atoms with Crippen molar-refractivity contribution in [1.29, 1.82) is 0 Å². The summed E-state index contributed by atoms with van der Waals surface area (Å²) in [7, 11) is 0. The second-order valence-corrected chi connectivity index (χ2v) is 8.21. The van der Waals surface area contributed by atoms with Crippen LogP contribution in [0.4, 0.5) is 18.9 Å². The fraction of sp³-hybridized carbons (Fsp3) is 0.333. The molecule has 0 bridgehead atoms. The number of carboxylic acid groups (broad SMARTS) is 1. The van der Waals surface area contributed by atoms with E-state index in [1.807, 2.05) is 11.8 Å². The molecule has 1 atom stereocenters. The van der Waals surface area contributed by atoms with Gasteiger partial charge in [-0.1, -0.05) is 6.92 Å². The highest BCUT2D eigenvalue weighted by Crippen LogP contribution is 2.32. The van der Waals surface area contributed by atoms with Crippen LogP contribution >= 0.6 is 0 Å². The molecule has 2 heterocycles. The molecule has 9 heteroatoms. The van der Waals surface area contributed by atoms with E-state index < -0.39 is 34.4 Å². The first-order chi connectivity index (χ1) is 15.8. The van der Waals surface area contributed by atoms with Gasteiger partial charge in [0.2, 0.25) is 5.43 Å². The molecule has 1 aliphatic rings. The number of nitrogens with zero attached hydrogens (tertiary/aromatic N) is 2. The molecule has 2 aromatic carbocycles. The Morgan fingerprint density at radius 3 is 2.61 bits per heavy atom. The van der Waals surface area contributed by atoms with Gasteiger partial charge in [-0.2, -0.15) is 0 Å². The number of aromatic carboxylic acids is 1. The van der Waals surface area contributed by atoms with Crippen molar-refractivity contribution in [2.24, 2.45) is 5.92 Å². The van der Waals surface area contributed by atoms with Crippen LogP contribution in [0.3, 0.4) is 0 Å². The van der Waals surface area contributed by atoms with Crippen LogP contribution in [0.25, 0.3) is 16.6 Å². The van der Waals surface area contributed by atoms with Gasteiger partial charge in [-0.15, -0.1) is 0 Å². The maximum absolute atomic E-state index is 15.1. The first-order valence-electron chi connectivity index (χ1n) is 10.8. The number of pyridine rings is 1. The van der Waals surface area contributed by atoms with Gasteiger partial charge in [-0.05, 0) is 56.1 Å². The molecule has 0 aliphatic carbocycles. The molecule has 1 fully saturated rings. The molecule has 6 nitrogen and oxygen atoms in total. The highest BCUT2D eigenvalue weighted by atomic mass is 19.1. The largest absolute Gasteiger partial charge is 0.477 e. The minimum atomic E-state index is -1.52. The predicted molar refractivity (Wildman–Crippen MR) is 120 cm³/mol. The summed E-state index contributed by atoms with van der Waals surface area (Å²) in [6.45, 7) is 5.05. The minimum absolute atomic E-state index is 0.142. The zero-order chi connectivity index (χ0) is 23.7. The number of rotatable bonds is 7. The fourth-order valence-corrected chi connectivity index (χ4v) is 4.38. The molecule has 4 rings (SSSR count). The molecule has 0 unspecified atom stereocenters. The van der Waals surface area contributed by atoms with Crippen LogP contribution in [-0.4, -0.2) is 41.8 Å². The van der Waals surface area contributed by atoms with Gasteiger partial charge in [-0.25, -0.2) is 18.0 Å². The average molecular weight is 459 g/mol. The molecular weight excluding hydrogens is 435 g/mol. The quantitative estimate of drug-likeness (QED) is 0.524. The van der Waals surface area contributed by atoms with E-state index in [0.717, 1.165) is 54.9 Å². The van der Waals surface area contributed by atoms with Gasteiger partial charge in [0.15, 0.2) is 0 Å². The van der Waals surface area contributed by atoms with Crippen molar-refractivity contribution < 1.29 is 23.1 Å². The van der Waals surface area contributed by atoms with Gasteiger partial charge < -0.3 is 19.9 Å². The van der Waals surface area contributed by atoms with Crippen molar-refractivity contribution in [1.82, 2.24) is 9.88 Å². The fourth-order valence-electron chi connectivity index (χ4n) is 4.38. The number of aromatic nitrogens is 1. The number of carboxylic acids is 1. The SMILES string of the molecule is CCNCC[C@@H]1CCN(c2cc3c(cc2F)c(=O)c(C(=O)O)cn3-c2ccc(F)cc2F)C1. The van der Waals surface area contributed by atoms with Gasteiger partial charge in [0.05, 0.1) is 16.9 Å². The van der Waals surface area contributed by atoms with E-state index in [9.17, 15) is 23.5 Å². The standard InChI is InChI=1S/C24H24F3N3O3/c1-2-28-7-5-14-6-8-29(12-14)22-11-21-16(10-19(22)27)23(31)17(24(32)33)13-30(21)20-4-3-15(25)9-18(20)26/h3-4,9-11,13-14,28H,2,5-8,12H2,1H3,(H,32,33)/t14-/m1/s1. The molecule has 1 aliphatic heterocycles.